The number of benzene rings is 1. The second-order valence-electron chi connectivity index (χ2n) is 13.6. The molecule has 0 aliphatic heterocycles. The van der Waals surface area contributed by atoms with Gasteiger partial charge in [-0.3, -0.25) is 0 Å². The van der Waals surface area contributed by atoms with Gasteiger partial charge in [0.1, 0.15) is 5.75 Å². The molecule has 0 spiro atoms. The van der Waals surface area contributed by atoms with Crippen LogP contribution in [0.4, 0.5) is 0 Å². The monoisotopic (exact) mass is 606 g/mol. The number of carbonyl (C=O) groups is 1. The van der Waals surface area contributed by atoms with Gasteiger partial charge in [0, 0.05) is 29.7 Å². The molecule has 7 heteroatoms. The molecule has 9 atom stereocenters. The predicted octanol–water partition coefficient (Wildman–Crippen LogP) is 6.03. The van der Waals surface area contributed by atoms with Gasteiger partial charge in [-0.15, -0.1) is 0 Å². The fourth-order valence-corrected chi connectivity index (χ4v) is 7.25. The Morgan fingerprint density at radius 2 is 1.66 bits per heavy atom. The number of carboxylic acid groups (broad SMARTS) is 1. The smallest absolute Gasteiger partial charge is 0.328 e. The average Bonchev–Trinajstić information content (AvgIpc) is 3.14. The first-order valence-corrected chi connectivity index (χ1v) is 15.4. The van der Waals surface area contributed by atoms with Gasteiger partial charge in [0.25, 0.3) is 0 Å². The molecule has 1 aromatic carbocycles. The number of fused-ring (bicyclic) bond motifs is 1. The van der Waals surface area contributed by atoms with Gasteiger partial charge in [0.15, 0.2) is 0 Å². The molecular formula is C37H50O7. The van der Waals surface area contributed by atoms with Crippen LogP contribution in [0.3, 0.4) is 0 Å². The van der Waals surface area contributed by atoms with Crippen molar-refractivity contribution in [2.24, 2.45) is 35.0 Å². The highest BCUT2D eigenvalue weighted by Gasteiger charge is 2.59. The number of phenols is 1. The van der Waals surface area contributed by atoms with E-state index in [1.807, 2.05) is 19.1 Å². The van der Waals surface area contributed by atoms with Crippen LogP contribution in [0.2, 0.25) is 0 Å². The fraction of sp³-hybridized carbons (Fsp3) is 0.486. The van der Waals surface area contributed by atoms with E-state index >= 15 is 0 Å². The van der Waals surface area contributed by atoms with Crippen molar-refractivity contribution in [2.45, 2.75) is 78.3 Å². The molecule has 240 valence electrons. The van der Waals surface area contributed by atoms with Gasteiger partial charge in [0.2, 0.25) is 0 Å². The Morgan fingerprint density at radius 3 is 2.30 bits per heavy atom. The lowest BCUT2D eigenvalue weighted by Crippen LogP contribution is -2.43. The minimum atomic E-state index is -1.03. The van der Waals surface area contributed by atoms with E-state index in [0.717, 1.165) is 22.8 Å². The first-order valence-electron chi connectivity index (χ1n) is 15.4. The van der Waals surface area contributed by atoms with Crippen LogP contribution < -0.4 is 0 Å². The van der Waals surface area contributed by atoms with Gasteiger partial charge < -0.3 is 30.6 Å². The molecule has 1 fully saturated rings. The molecule has 6 N–H and O–H groups in total. The standard InChI is InChI=1S/C37H50O7/c1-23(14-20-32(41)42)13-19-31(40)25(3)30(39)12-10-8-7-9-11-28-24(2)21-29-34(36(4,5)22-37(29,6)44)33(28)35(43)26-15-17-27(38)18-16-26/h7-18,20-21,25,28-31,33-35,38-40,43-44H,19,22H2,1-6H3,(H,41,42). The zero-order valence-electron chi connectivity index (χ0n) is 26.7. The summed E-state index contributed by atoms with van der Waals surface area (Å²) in [6.45, 7) is 11.8. The predicted molar refractivity (Wildman–Crippen MR) is 174 cm³/mol. The summed E-state index contributed by atoms with van der Waals surface area (Å²) < 4.78 is 0. The highest BCUT2D eigenvalue weighted by atomic mass is 16.4. The lowest BCUT2D eigenvalue weighted by Gasteiger charge is -2.46. The Balaban J connectivity index is 1.74. The maximum atomic E-state index is 11.8. The van der Waals surface area contributed by atoms with E-state index in [1.54, 1.807) is 62.4 Å². The molecule has 3 rings (SSSR count). The quantitative estimate of drug-likeness (QED) is 0.0970. The Morgan fingerprint density at radius 1 is 1.02 bits per heavy atom. The molecule has 7 nitrogen and oxygen atoms in total. The van der Waals surface area contributed by atoms with Crippen molar-refractivity contribution in [3.63, 3.8) is 0 Å². The third kappa shape index (κ3) is 8.69. The van der Waals surface area contributed by atoms with E-state index in [4.69, 9.17) is 5.11 Å². The van der Waals surface area contributed by atoms with Gasteiger partial charge in [-0.1, -0.05) is 98.7 Å². The Kier molecular flexibility index (Phi) is 11.8. The third-order valence-corrected chi connectivity index (χ3v) is 9.49. The van der Waals surface area contributed by atoms with Gasteiger partial charge >= 0.3 is 5.97 Å². The largest absolute Gasteiger partial charge is 0.508 e. The summed E-state index contributed by atoms with van der Waals surface area (Å²) in [5, 5.41) is 62.7. The van der Waals surface area contributed by atoms with Crippen molar-refractivity contribution in [3.05, 3.63) is 102 Å². The first kappa shape index (κ1) is 35.3. The molecule has 0 saturated heterocycles. The first-order chi connectivity index (χ1) is 20.5. The number of aliphatic hydroxyl groups excluding tert-OH is 3. The van der Waals surface area contributed by atoms with E-state index in [0.29, 0.717) is 12.8 Å². The summed E-state index contributed by atoms with van der Waals surface area (Å²) in [6, 6.07) is 6.68. The summed E-state index contributed by atoms with van der Waals surface area (Å²) in [5.41, 5.74) is 1.46. The maximum absolute atomic E-state index is 11.8. The number of hydrogen-bond donors (Lipinski definition) is 6. The lowest BCUT2D eigenvalue weighted by molar-refractivity contribution is -0.131. The van der Waals surface area contributed by atoms with Crippen molar-refractivity contribution >= 4 is 5.97 Å². The Labute approximate surface area is 262 Å². The fourth-order valence-electron chi connectivity index (χ4n) is 7.25. The zero-order valence-corrected chi connectivity index (χ0v) is 26.7. The van der Waals surface area contributed by atoms with Gasteiger partial charge in [-0.05, 0) is 62.6 Å². The second kappa shape index (κ2) is 14.7. The summed E-state index contributed by atoms with van der Waals surface area (Å²) >= 11 is 0. The third-order valence-electron chi connectivity index (χ3n) is 9.49. The van der Waals surface area contributed by atoms with Gasteiger partial charge in [-0.25, -0.2) is 4.79 Å². The molecule has 0 heterocycles. The molecule has 44 heavy (non-hydrogen) atoms. The van der Waals surface area contributed by atoms with E-state index in [2.05, 4.69) is 32.9 Å². The van der Waals surface area contributed by atoms with Crippen LogP contribution in [0, 0.1) is 35.0 Å². The van der Waals surface area contributed by atoms with Gasteiger partial charge in [0.05, 0.1) is 23.9 Å². The van der Waals surface area contributed by atoms with E-state index in [9.17, 15) is 30.3 Å². The van der Waals surface area contributed by atoms with Crippen LogP contribution in [0.25, 0.3) is 0 Å². The summed E-state index contributed by atoms with van der Waals surface area (Å²) in [4.78, 5) is 10.6. The number of aliphatic carboxylic acids is 1. The number of aliphatic hydroxyl groups is 4. The topological polar surface area (TPSA) is 138 Å². The average molecular weight is 607 g/mol. The van der Waals surface area contributed by atoms with Crippen LogP contribution in [-0.4, -0.2) is 54.4 Å². The van der Waals surface area contributed by atoms with Crippen LogP contribution in [0.15, 0.2) is 96.2 Å². The van der Waals surface area contributed by atoms with Crippen LogP contribution in [-0.2, 0) is 4.79 Å². The molecule has 0 amide bonds. The number of rotatable bonds is 12. The molecule has 2 aliphatic carbocycles. The highest BCUT2D eigenvalue weighted by molar-refractivity contribution is 5.80. The van der Waals surface area contributed by atoms with E-state index < -0.39 is 35.8 Å². The highest BCUT2D eigenvalue weighted by Crippen LogP contribution is 2.62. The Hall–Kier alpha value is -3.23. The molecule has 1 aromatic rings. The number of aromatic hydroxyl groups is 1. The minimum absolute atomic E-state index is 0.0263. The molecular weight excluding hydrogens is 556 g/mol. The molecule has 0 radical (unpaired) electrons. The van der Waals surface area contributed by atoms with E-state index in [-0.39, 0.29) is 34.8 Å². The van der Waals surface area contributed by atoms with Crippen molar-refractivity contribution in [1.29, 1.82) is 0 Å². The molecule has 2 aliphatic rings. The minimum Gasteiger partial charge on any atom is -0.508 e. The van der Waals surface area contributed by atoms with Crippen molar-refractivity contribution in [3.8, 4) is 5.75 Å². The number of hydrogen-bond acceptors (Lipinski definition) is 6. The van der Waals surface area contributed by atoms with Crippen LogP contribution in [0.1, 0.15) is 66.1 Å². The van der Waals surface area contributed by atoms with Gasteiger partial charge in [-0.2, -0.15) is 0 Å². The van der Waals surface area contributed by atoms with Crippen molar-refractivity contribution in [1.82, 2.24) is 0 Å². The zero-order chi connectivity index (χ0) is 32.8. The summed E-state index contributed by atoms with van der Waals surface area (Å²) in [5.74, 6) is -1.66. The lowest BCUT2D eigenvalue weighted by atomic mass is 9.59. The maximum Gasteiger partial charge on any atom is 0.328 e. The molecule has 9 unspecified atom stereocenters. The molecule has 0 bridgehead atoms. The second-order valence-corrected chi connectivity index (χ2v) is 13.6. The van der Waals surface area contributed by atoms with Crippen LogP contribution >= 0.6 is 0 Å². The van der Waals surface area contributed by atoms with Crippen molar-refractivity contribution < 1.29 is 35.4 Å². The molecule has 1 saturated carbocycles. The van der Waals surface area contributed by atoms with Crippen molar-refractivity contribution in [2.75, 3.05) is 0 Å². The van der Waals surface area contributed by atoms with E-state index in [1.165, 1.54) is 6.08 Å². The summed E-state index contributed by atoms with van der Waals surface area (Å²) in [7, 11) is 0. The molecule has 0 aromatic heterocycles. The number of phenolic OH excluding ortho intramolecular Hbond substituents is 1. The SMILES string of the molecule is CC(C=CC(=O)O)=CCC(O)C(C)C(O)C=CC=CC=CC1C(C)=CC2C(C1C(O)c1ccc(O)cc1)C(C)(C)CC2(C)O. The number of allylic oxidation sites excluding steroid dienone is 8. The van der Waals surface area contributed by atoms with Crippen LogP contribution in [0.5, 0.6) is 5.75 Å². The summed E-state index contributed by atoms with van der Waals surface area (Å²) in [6.07, 6.45) is 15.9. The Bertz CT molecular complexity index is 1310. The normalized spacial score (nSPS) is 30.1. The number of carboxylic acids is 1.